The van der Waals surface area contributed by atoms with E-state index in [4.69, 9.17) is 35.9 Å². The number of pyridine rings is 1. The molecule has 0 spiro atoms. The number of hydrogen-bond donors (Lipinski definition) is 0. The van der Waals surface area contributed by atoms with Crippen molar-refractivity contribution in [2.45, 2.75) is 72.2 Å². The molecule has 0 saturated carbocycles. The lowest BCUT2D eigenvalue weighted by Crippen LogP contribution is -2.60. The van der Waals surface area contributed by atoms with Gasteiger partial charge in [-0.25, -0.2) is 0 Å². The molecule has 2 rings (SSSR count). The van der Waals surface area contributed by atoms with Gasteiger partial charge in [-0.1, -0.05) is 12.2 Å². The van der Waals surface area contributed by atoms with Gasteiger partial charge in [-0.3, -0.25) is 19.2 Å². The average molecular weight is 495 g/mol. The molecular weight excluding hydrogens is 468 g/mol. The molecule has 2 heterocycles. The average Bonchev–Trinajstić information content (AvgIpc) is 2.72. The third-order valence-corrected chi connectivity index (χ3v) is 5.50. The first-order valence-electron chi connectivity index (χ1n) is 10.3. The van der Waals surface area contributed by atoms with Crippen LogP contribution in [0, 0.1) is 29.8 Å². The summed E-state index contributed by atoms with van der Waals surface area (Å²) in [6.45, 7) is 7.73. The summed E-state index contributed by atoms with van der Waals surface area (Å²) >= 11 is 5.50. The molecule has 0 unspecified atom stereocenters. The standard InChI is InChI=1S/C22H26N2O9S/c1-10-7-16(8-23)22(34)24(11(10)2)21-20(32-15(6)28)19(31-14(5)27)18(30-13(4)26)17(33-21)9-29-12(3)25/h7,17-21H,9H2,1-6H3/t17-,18+,19+,20-,21-/m0/s1. The van der Waals surface area contributed by atoms with Crippen LogP contribution < -0.4 is 0 Å². The molecule has 5 atom stereocenters. The van der Waals surface area contributed by atoms with Gasteiger partial charge in [0.25, 0.3) is 0 Å². The van der Waals surface area contributed by atoms with E-state index in [0.29, 0.717) is 11.3 Å². The Balaban J connectivity index is 2.76. The van der Waals surface area contributed by atoms with Crippen molar-refractivity contribution < 1.29 is 42.9 Å². The quantitative estimate of drug-likeness (QED) is 0.325. The van der Waals surface area contributed by atoms with E-state index < -0.39 is 54.5 Å². The molecule has 12 heteroatoms. The number of ether oxygens (including phenoxy) is 5. The Bertz CT molecular complexity index is 1090. The summed E-state index contributed by atoms with van der Waals surface area (Å²) in [5.41, 5.74) is 1.45. The Labute approximate surface area is 201 Å². The van der Waals surface area contributed by atoms with E-state index in [-0.39, 0.29) is 16.8 Å². The molecule has 1 aromatic heterocycles. The van der Waals surface area contributed by atoms with E-state index in [0.717, 1.165) is 20.8 Å². The summed E-state index contributed by atoms with van der Waals surface area (Å²) < 4.78 is 29.1. The topological polar surface area (TPSA) is 143 Å². The van der Waals surface area contributed by atoms with Crippen molar-refractivity contribution in [3.05, 3.63) is 27.5 Å². The molecule has 0 amide bonds. The van der Waals surface area contributed by atoms with Crippen LogP contribution >= 0.6 is 12.2 Å². The van der Waals surface area contributed by atoms with Crippen LogP contribution in [0.15, 0.2) is 6.07 Å². The molecule has 0 aromatic carbocycles. The summed E-state index contributed by atoms with van der Waals surface area (Å²) in [6, 6.07) is 3.63. The Morgan fingerprint density at radius 2 is 1.50 bits per heavy atom. The lowest BCUT2D eigenvalue weighted by Gasteiger charge is -2.45. The van der Waals surface area contributed by atoms with E-state index >= 15 is 0 Å². The molecular formula is C22H26N2O9S. The van der Waals surface area contributed by atoms with Gasteiger partial charge in [0.05, 0.1) is 5.56 Å². The zero-order valence-electron chi connectivity index (χ0n) is 19.6. The van der Waals surface area contributed by atoms with Gasteiger partial charge in [0, 0.05) is 33.4 Å². The molecule has 0 aliphatic carbocycles. The minimum absolute atomic E-state index is 0.0894. The van der Waals surface area contributed by atoms with Crippen molar-refractivity contribution in [2.24, 2.45) is 0 Å². The predicted octanol–water partition coefficient (Wildman–Crippen LogP) is 1.96. The predicted molar refractivity (Wildman–Crippen MR) is 117 cm³/mol. The van der Waals surface area contributed by atoms with E-state index in [9.17, 15) is 24.4 Å². The normalized spacial score (nSPS) is 23.9. The zero-order chi connectivity index (χ0) is 25.7. The van der Waals surface area contributed by atoms with Crippen LogP contribution in [0.1, 0.15) is 50.7 Å². The third kappa shape index (κ3) is 6.18. The molecule has 1 saturated heterocycles. The van der Waals surface area contributed by atoms with Crippen LogP contribution in [-0.4, -0.2) is 59.5 Å². The van der Waals surface area contributed by atoms with E-state index in [2.05, 4.69) is 0 Å². The number of aromatic nitrogens is 1. The Kier molecular flexibility index (Phi) is 8.89. The lowest BCUT2D eigenvalue weighted by molar-refractivity contribution is -0.269. The molecule has 1 aliphatic rings. The van der Waals surface area contributed by atoms with Crippen molar-refractivity contribution in [3.8, 4) is 6.07 Å². The van der Waals surface area contributed by atoms with Gasteiger partial charge in [-0.05, 0) is 25.5 Å². The number of carbonyl (C=O) groups excluding carboxylic acids is 4. The highest BCUT2D eigenvalue weighted by Gasteiger charge is 2.53. The van der Waals surface area contributed by atoms with Crippen LogP contribution in [0.5, 0.6) is 0 Å². The fraction of sp³-hybridized carbons (Fsp3) is 0.545. The van der Waals surface area contributed by atoms with Gasteiger partial charge in [0.2, 0.25) is 0 Å². The lowest BCUT2D eigenvalue weighted by atomic mass is 9.96. The zero-order valence-corrected chi connectivity index (χ0v) is 20.5. The van der Waals surface area contributed by atoms with Gasteiger partial charge in [0.1, 0.15) is 23.4 Å². The highest BCUT2D eigenvalue weighted by molar-refractivity contribution is 7.71. The van der Waals surface area contributed by atoms with Crippen molar-refractivity contribution in [3.63, 3.8) is 0 Å². The molecule has 0 bridgehead atoms. The highest BCUT2D eigenvalue weighted by atomic mass is 32.1. The fourth-order valence-electron chi connectivity index (χ4n) is 3.65. The molecule has 34 heavy (non-hydrogen) atoms. The Morgan fingerprint density at radius 3 is 2.00 bits per heavy atom. The number of rotatable bonds is 6. The van der Waals surface area contributed by atoms with Crippen LogP contribution in [0.4, 0.5) is 0 Å². The summed E-state index contributed by atoms with van der Waals surface area (Å²) in [6.07, 6.45) is -6.27. The maximum absolute atomic E-state index is 12.0. The van der Waals surface area contributed by atoms with Gasteiger partial charge >= 0.3 is 23.9 Å². The molecule has 184 valence electrons. The molecule has 1 aliphatic heterocycles. The molecule has 11 nitrogen and oxygen atoms in total. The van der Waals surface area contributed by atoms with Gasteiger partial charge < -0.3 is 28.3 Å². The van der Waals surface area contributed by atoms with Crippen molar-refractivity contribution in [1.29, 1.82) is 5.26 Å². The Hall–Kier alpha value is -3.30. The minimum Gasteiger partial charge on any atom is -0.463 e. The second-order valence-corrected chi connectivity index (χ2v) is 8.09. The number of hydrogen-bond acceptors (Lipinski definition) is 11. The van der Waals surface area contributed by atoms with Crippen LogP contribution in [0.3, 0.4) is 0 Å². The smallest absolute Gasteiger partial charge is 0.303 e. The second-order valence-electron chi connectivity index (χ2n) is 7.70. The first-order valence-corrected chi connectivity index (χ1v) is 10.7. The van der Waals surface area contributed by atoms with E-state index in [1.165, 1.54) is 11.5 Å². The third-order valence-electron chi connectivity index (χ3n) is 5.08. The number of nitrogens with zero attached hydrogens (tertiary/aromatic N) is 2. The molecule has 0 radical (unpaired) electrons. The van der Waals surface area contributed by atoms with Gasteiger partial charge in [-0.2, -0.15) is 5.26 Å². The Morgan fingerprint density at radius 1 is 0.971 bits per heavy atom. The number of aryl methyl sites for hydroxylation is 1. The monoisotopic (exact) mass is 494 g/mol. The maximum Gasteiger partial charge on any atom is 0.303 e. The largest absolute Gasteiger partial charge is 0.463 e. The minimum atomic E-state index is -1.34. The van der Waals surface area contributed by atoms with E-state index in [1.807, 2.05) is 6.07 Å². The van der Waals surface area contributed by atoms with E-state index in [1.54, 1.807) is 19.9 Å². The van der Waals surface area contributed by atoms with Gasteiger partial charge in [-0.15, -0.1) is 0 Å². The molecule has 0 N–H and O–H groups in total. The van der Waals surface area contributed by atoms with Crippen molar-refractivity contribution in [2.75, 3.05) is 6.61 Å². The summed E-state index contributed by atoms with van der Waals surface area (Å²) in [7, 11) is 0. The summed E-state index contributed by atoms with van der Waals surface area (Å²) in [4.78, 5) is 47.3. The fourth-order valence-corrected chi connectivity index (χ4v) is 4.00. The number of esters is 4. The first-order chi connectivity index (χ1) is 15.9. The van der Waals surface area contributed by atoms with Crippen molar-refractivity contribution in [1.82, 2.24) is 4.57 Å². The molecule has 1 aromatic rings. The van der Waals surface area contributed by atoms with Crippen molar-refractivity contribution >= 4 is 36.1 Å². The van der Waals surface area contributed by atoms with Gasteiger partial charge in [0.15, 0.2) is 24.5 Å². The van der Waals surface area contributed by atoms with Crippen LogP contribution in [0.2, 0.25) is 0 Å². The summed E-state index contributed by atoms with van der Waals surface area (Å²) in [5.74, 6) is -2.82. The number of carbonyl (C=O) groups is 4. The maximum atomic E-state index is 12.0. The summed E-state index contributed by atoms with van der Waals surface area (Å²) in [5, 5.41) is 9.54. The second kappa shape index (κ2) is 11.2. The highest BCUT2D eigenvalue weighted by Crippen LogP contribution is 2.36. The number of nitriles is 1. The first kappa shape index (κ1) is 26.9. The van der Waals surface area contributed by atoms with Crippen LogP contribution in [-0.2, 0) is 42.9 Å². The SMILES string of the molecule is CC(=O)OC[C@@H]1O[C@H](n2c(C)c(C)cc(C#N)c2=S)[C@@H](OC(C)=O)[C@H](OC(C)=O)[C@@H]1OC(C)=O. The van der Waals surface area contributed by atoms with Crippen LogP contribution in [0.25, 0.3) is 0 Å². The molecule has 1 fully saturated rings.